The summed E-state index contributed by atoms with van der Waals surface area (Å²) in [6.07, 6.45) is 1.77. The number of aromatic nitrogens is 2. The van der Waals surface area contributed by atoms with E-state index in [1.807, 2.05) is 30.3 Å². The van der Waals surface area contributed by atoms with Crippen LogP contribution < -0.4 is 4.72 Å². The Morgan fingerprint density at radius 2 is 1.79 bits per heavy atom. The van der Waals surface area contributed by atoms with E-state index in [0.29, 0.717) is 10.7 Å². The zero-order valence-corrected chi connectivity index (χ0v) is 14.7. The van der Waals surface area contributed by atoms with Crippen LogP contribution >= 0.6 is 23.2 Å². The molecular formula is C16H13Cl2N3O2S. The third-order valence-corrected chi connectivity index (χ3v) is 5.41. The molecular weight excluding hydrogens is 369 g/mol. The van der Waals surface area contributed by atoms with E-state index in [1.165, 1.54) is 18.2 Å². The Bertz CT molecular complexity index is 956. The van der Waals surface area contributed by atoms with Gasteiger partial charge >= 0.3 is 0 Å². The normalized spacial score (nSPS) is 11.6. The van der Waals surface area contributed by atoms with E-state index < -0.39 is 10.0 Å². The smallest absolute Gasteiger partial charge is 0.241 e. The second kappa shape index (κ2) is 6.94. The molecule has 1 heterocycles. The Balaban J connectivity index is 1.76. The molecule has 0 amide bonds. The molecule has 0 fully saturated rings. The summed E-state index contributed by atoms with van der Waals surface area (Å²) in [7, 11) is -3.78. The maximum Gasteiger partial charge on any atom is 0.242 e. The average Bonchev–Trinajstić information content (AvgIpc) is 3.05. The highest BCUT2D eigenvalue weighted by Gasteiger charge is 2.18. The predicted octanol–water partition coefficient (Wildman–Crippen LogP) is 3.66. The van der Waals surface area contributed by atoms with Gasteiger partial charge in [0.15, 0.2) is 0 Å². The van der Waals surface area contributed by atoms with Gasteiger partial charge in [0.05, 0.1) is 22.9 Å². The Morgan fingerprint density at radius 3 is 2.54 bits per heavy atom. The van der Waals surface area contributed by atoms with E-state index in [0.717, 1.165) is 5.69 Å². The highest BCUT2D eigenvalue weighted by Crippen LogP contribution is 2.24. The third kappa shape index (κ3) is 3.79. The molecule has 1 aromatic heterocycles. The Hall–Kier alpha value is -1.86. The average molecular weight is 382 g/mol. The molecule has 0 saturated carbocycles. The summed E-state index contributed by atoms with van der Waals surface area (Å²) in [5, 5.41) is 4.76. The van der Waals surface area contributed by atoms with Gasteiger partial charge in [-0.2, -0.15) is 5.10 Å². The van der Waals surface area contributed by atoms with Gasteiger partial charge in [0.25, 0.3) is 0 Å². The van der Waals surface area contributed by atoms with Gasteiger partial charge in [0.1, 0.15) is 4.90 Å². The maximum atomic E-state index is 12.4. The van der Waals surface area contributed by atoms with Crippen LogP contribution in [0.15, 0.2) is 65.7 Å². The zero-order valence-electron chi connectivity index (χ0n) is 12.4. The number of para-hydroxylation sites is 1. The minimum atomic E-state index is -3.78. The molecule has 0 radical (unpaired) electrons. The second-order valence-corrected chi connectivity index (χ2v) is 7.57. The number of sulfonamides is 1. The van der Waals surface area contributed by atoms with Crippen molar-refractivity contribution in [3.05, 3.63) is 76.5 Å². The molecule has 3 rings (SSSR count). The summed E-state index contributed by atoms with van der Waals surface area (Å²) in [6.45, 7) is 0.0466. The van der Waals surface area contributed by atoms with Crippen LogP contribution in [0.2, 0.25) is 10.0 Å². The fraction of sp³-hybridized carbons (Fsp3) is 0.0625. The first-order valence-corrected chi connectivity index (χ1v) is 9.24. The number of hydrogen-bond donors (Lipinski definition) is 1. The molecule has 124 valence electrons. The van der Waals surface area contributed by atoms with Crippen molar-refractivity contribution in [1.29, 1.82) is 0 Å². The highest BCUT2D eigenvalue weighted by molar-refractivity contribution is 7.89. The molecule has 0 bridgehead atoms. The van der Waals surface area contributed by atoms with E-state index in [-0.39, 0.29) is 16.5 Å². The van der Waals surface area contributed by atoms with Gasteiger partial charge in [-0.15, -0.1) is 0 Å². The fourth-order valence-corrected chi connectivity index (χ4v) is 3.87. The Morgan fingerprint density at radius 1 is 1.04 bits per heavy atom. The summed E-state index contributed by atoms with van der Waals surface area (Å²) >= 11 is 11.8. The molecule has 8 heteroatoms. The number of rotatable bonds is 5. The van der Waals surface area contributed by atoms with E-state index >= 15 is 0 Å². The van der Waals surface area contributed by atoms with E-state index in [4.69, 9.17) is 23.2 Å². The van der Waals surface area contributed by atoms with Crippen molar-refractivity contribution in [3.63, 3.8) is 0 Å². The first kappa shape index (κ1) is 17.0. The first-order valence-electron chi connectivity index (χ1n) is 7.00. The van der Waals surface area contributed by atoms with Crippen molar-refractivity contribution in [2.75, 3.05) is 0 Å². The zero-order chi connectivity index (χ0) is 17.2. The number of nitrogens with one attached hydrogen (secondary N) is 1. The van der Waals surface area contributed by atoms with Gasteiger partial charge in [-0.25, -0.2) is 17.8 Å². The Labute approximate surface area is 149 Å². The maximum absolute atomic E-state index is 12.4. The van der Waals surface area contributed by atoms with Crippen LogP contribution in [-0.4, -0.2) is 18.2 Å². The molecule has 0 aliphatic rings. The lowest BCUT2D eigenvalue weighted by atomic mass is 10.3. The fourth-order valence-electron chi connectivity index (χ4n) is 2.11. The van der Waals surface area contributed by atoms with Crippen LogP contribution in [0, 0.1) is 0 Å². The van der Waals surface area contributed by atoms with Crippen molar-refractivity contribution < 1.29 is 8.42 Å². The molecule has 0 aliphatic carbocycles. The Kier molecular flexibility index (Phi) is 4.91. The molecule has 1 N–H and O–H groups in total. The SMILES string of the molecule is O=S(=O)(NCc1ccn(-c2ccccc2)n1)c1cc(Cl)ccc1Cl. The minimum absolute atomic E-state index is 0.0466. The van der Waals surface area contributed by atoms with Crippen molar-refractivity contribution >= 4 is 33.2 Å². The van der Waals surface area contributed by atoms with Gasteiger partial charge in [0.2, 0.25) is 10.0 Å². The van der Waals surface area contributed by atoms with Gasteiger partial charge in [0, 0.05) is 11.2 Å². The molecule has 2 aromatic carbocycles. The van der Waals surface area contributed by atoms with Crippen molar-refractivity contribution in [2.45, 2.75) is 11.4 Å². The van der Waals surface area contributed by atoms with Crippen molar-refractivity contribution in [3.8, 4) is 5.69 Å². The predicted molar refractivity (Wildman–Crippen MR) is 94.1 cm³/mol. The summed E-state index contributed by atoms with van der Waals surface area (Å²) in [5.74, 6) is 0. The van der Waals surface area contributed by atoms with Crippen LogP contribution in [0.4, 0.5) is 0 Å². The van der Waals surface area contributed by atoms with Crippen molar-refractivity contribution in [2.24, 2.45) is 0 Å². The molecule has 3 aromatic rings. The lowest BCUT2D eigenvalue weighted by Gasteiger charge is -2.07. The lowest BCUT2D eigenvalue weighted by Crippen LogP contribution is -2.23. The number of halogens is 2. The molecule has 0 saturated heterocycles. The number of hydrogen-bond acceptors (Lipinski definition) is 3. The minimum Gasteiger partial charge on any atom is -0.241 e. The van der Waals surface area contributed by atoms with Crippen LogP contribution in [0.1, 0.15) is 5.69 Å². The van der Waals surface area contributed by atoms with Gasteiger partial charge in [-0.3, -0.25) is 0 Å². The lowest BCUT2D eigenvalue weighted by molar-refractivity contribution is 0.580. The van der Waals surface area contributed by atoms with Crippen LogP contribution in [0.3, 0.4) is 0 Å². The summed E-state index contributed by atoms with van der Waals surface area (Å²) in [6, 6.07) is 15.6. The van der Waals surface area contributed by atoms with Gasteiger partial charge < -0.3 is 0 Å². The molecule has 24 heavy (non-hydrogen) atoms. The quantitative estimate of drug-likeness (QED) is 0.733. The van der Waals surface area contributed by atoms with E-state index in [9.17, 15) is 8.42 Å². The van der Waals surface area contributed by atoms with Crippen LogP contribution in [0.25, 0.3) is 5.69 Å². The van der Waals surface area contributed by atoms with Crippen LogP contribution in [0.5, 0.6) is 0 Å². The topological polar surface area (TPSA) is 64.0 Å². The number of benzene rings is 2. The molecule has 0 spiro atoms. The molecule has 5 nitrogen and oxygen atoms in total. The molecule has 0 unspecified atom stereocenters. The largest absolute Gasteiger partial charge is 0.242 e. The molecule has 0 atom stereocenters. The monoisotopic (exact) mass is 381 g/mol. The summed E-state index contributed by atoms with van der Waals surface area (Å²) < 4.78 is 28.9. The number of nitrogens with zero attached hydrogens (tertiary/aromatic N) is 2. The first-order chi connectivity index (χ1) is 11.5. The van der Waals surface area contributed by atoms with E-state index in [2.05, 4.69) is 9.82 Å². The van der Waals surface area contributed by atoms with Gasteiger partial charge in [-0.05, 0) is 36.4 Å². The highest BCUT2D eigenvalue weighted by atomic mass is 35.5. The van der Waals surface area contributed by atoms with E-state index in [1.54, 1.807) is 16.9 Å². The molecule has 0 aliphatic heterocycles. The summed E-state index contributed by atoms with van der Waals surface area (Å²) in [4.78, 5) is -0.0563. The van der Waals surface area contributed by atoms with Gasteiger partial charge in [-0.1, -0.05) is 41.4 Å². The summed E-state index contributed by atoms with van der Waals surface area (Å²) in [5.41, 5.74) is 1.48. The van der Waals surface area contributed by atoms with Crippen molar-refractivity contribution in [1.82, 2.24) is 14.5 Å². The second-order valence-electron chi connectivity index (χ2n) is 4.99. The van der Waals surface area contributed by atoms with Crippen LogP contribution in [-0.2, 0) is 16.6 Å². The third-order valence-electron chi connectivity index (χ3n) is 3.29. The standard InChI is InChI=1S/C16H13Cl2N3O2S/c17-12-6-7-15(18)16(10-12)24(22,23)19-11-13-8-9-21(20-13)14-4-2-1-3-5-14/h1-10,19H,11H2.